The fourth-order valence-electron chi connectivity index (χ4n) is 2.78. The van der Waals surface area contributed by atoms with Crippen LogP contribution in [0.3, 0.4) is 0 Å². The maximum atomic E-state index is 12.2. The number of piperazine rings is 1. The van der Waals surface area contributed by atoms with Crippen molar-refractivity contribution >= 4 is 22.4 Å². The Labute approximate surface area is 117 Å². The molecule has 3 rings (SSSR count). The number of hydrogen-bond donors (Lipinski definition) is 1. The smallest absolute Gasteiger partial charge is 0.223 e. The Balaban J connectivity index is 1.48. The van der Waals surface area contributed by atoms with Crippen LogP contribution in [0.4, 0.5) is 5.13 Å². The lowest BCUT2D eigenvalue weighted by Gasteiger charge is -2.35. The molecule has 19 heavy (non-hydrogen) atoms. The van der Waals surface area contributed by atoms with Crippen molar-refractivity contribution in [2.45, 2.75) is 12.8 Å². The van der Waals surface area contributed by atoms with Gasteiger partial charge in [-0.25, -0.2) is 4.98 Å². The van der Waals surface area contributed by atoms with E-state index in [9.17, 15) is 4.79 Å². The Hall–Kier alpha value is -1.14. The Kier molecular flexibility index (Phi) is 3.98. The second-order valence-electron chi connectivity index (χ2n) is 5.25. The maximum Gasteiger partial charge on any atom is 0.223 e. The number of nitrogens with one attached hydrogen (secondary N) is 1. The molecule has 2 fully saturated rings. The van der Waals surface area contributed by atoms with Gasteiger partial charge in [-0.1, -0.05) is 0 Å². The van der Waals surface area contributed by atoms with Crippen LogP contribution in [0, 0.1) is 5.92 Å². The summed E-state index contributed by atoms with van der Waals surface area (Å²) in [6, 6.07) is 0. The monoisotopic (exact) mass is 280 g/mol. The zero-order chi connectivity index (χ0) is 13.1. The van der Waals surface area contributed by atoms with E-state index >= 15 is 0 Å². The predicted octanol–water partition coefficient (Wildman–Crippen LogP) is 0.791. The van der Waals surface area contributed by atoms with Gasteiger partial charge in [0.15, 0.2) is 5.13 Å². The molecule has 0 aromatic carbocycles. The number of carbonyl (C=O) groups excluding carboxylic acids is 1. The fourth-order valence-corrected chi connectivity index (χ4v) is 3.48. The summed E-state index contributed by atoms with van der Waals surface area (Å²) >= 11 is 1.67. The standard InChI is InChI=1S/C13H20N4OS/c18-12(9-11-1-2-14-10-11)16-4-6-17(7-5-16)13-15-3-8-19-13/h3,8,11,14H,1-2,4-7,9-10H2. The van der Waals surface area contributed by atoms with E-state index in [0.717, 1.165) is 50.8 Å². The minimum atomic E-state index is 0.326. The summed E-state index contributed by atoms with van der Waals surface area (Å²) in [5, 5.41) is 6.40. The first-order valence-electron chi connectivity index (χ1n) is 6.96. The van der Waals surface area contributed by atoms with Gasteiger partial charge in [-0.15, -0.1) is 11.3 Å². The van der Waals surface area contributed by atoms with Gasteiger partial charge >= 0.3 is 0 Å². The van der Waals surface area contributed by atoms with Crippen LogP contribution in [0.2, 0.25) is 0 Å². The topological polar surface area (TPSA) is 48.5 Å². The third kappa shape index (κ3) is 3.06. The molecule has 1 atom stereocenters. The quantitative estimate of drug-likeness (QED) is 0.889. The van der Waals surface area contributed by atoms with E-state index in [0.29, 0.717) is 18.2 Å². The molecule has 2 aliphatic heterocycles. The highest BCUT2D eigenvalue weighted by Gasteiger charge is 2.25. The second-order valence-corrected chi connectivity index (χ2v) is 6.12. The summed E-state index contributed by atoms with van der Waals surface area (Å²) in [6.07, 6.45) is 3.69. The summed E-state index contributed by atoms with van der Waals surface area (Å²) in [6.45, 7) is 5.54. The van der Waals surface area contributed by atoms with Crippen molar-refractivity contribution in [3.63, 3.8) is 0 Å². The number of thiazole rings is 1. The van der Waals surface area contributed by atoms with Crippen molar-refractivity contribution in [3.05, 3.63) is 11.6 Å². The van der Waals surface area contributed by atoms with Crippen LogP contribution in [-0.4, -0.2) is 55.1 Å². The zero-order valence-corrected chi connectivity index (χ0v) is 11.9. The van der Waals surface area contributed by atoms with E-state index in [1.807, 2.05) is 16.5 Å². The molecule has 6 heteroatoms. The SMILES string of the molecule is O=C(CC1CCNC1)N1CCN(c2nccs2)CC1. The van der Waals surface area contributed by atoms with Crippen LogP contribution < -0.4 is 10.2 Å². The molecule has 0 saturated carbocycles. The van der Waals surface area contributed by atoms with Crippen molar-refractivity contribution in [1.29, 1.82) is 0 Å². The summed E-state index contributed by atoms with van der Waals surface area (Å²) < 4.78 is 0. The van der Waals surface area contributed by atoms with Crippen LogP contribution in [0.5, 0.6) is 0 Å². The highest BCUT2D eigenvalue weighted by atomic mass is 32.1. The highest BCUT2D eigenvalue weighted by Crippen LogP contribution is 2.20. The lowest BCUT2D eigenvalue weighted by atomic mass is 10.0. The van der Waals surface area contributed by atoms with Gasteiger partial charge in [0.2, 0.25) is 5.91 Å². The van der Waals surface area contributed by atoms with E-state index in [-0.39, 0.29) is 0 Å². The normalized spacial score (nSPS) is 23.9. The summed E-state index contributed by atoms with van der Waals surface area (Å²) in [4.78, 5) is 20.8. The zero-order valence-electron chi connectivity index (χ0n) is 11.0. The molecule has 0 spiro atoms. The molecule has 3 heterocycles. The third-order valence-electron chi connectivity index (χ3n) is 3.95. The molecule has 1 aromatic rings. The Morgan fingerprint density at radius 2 is 2.26 bits per heavy atom. The first-order valence-corrected chi connectivity index (χ1v) is 7.84. The van der Waals surface area contributed by atoms with Crippen molar-refractivity contribution in [3.8, 4) is 0 Å². The van der Waals surface area contributed by atoms with Gasteiger partial charge in [-0.2, -0.15) is 0 Å². The number of aromatic nitrogens is 1. The van der Waals surface area contributed by atoms with Gasteiger partial charge in [0, 0.05) is 44.2 Å². The predicted molar refractivity (Wildman–Crippen MR) is 76.5 cm³/mol. The molecule has 1 amide bonds. The fraction of sp³-hybridized carbons (Fsp3) is 0.692. The average Bonchev–Trinajstić information content (AvgIpc) is 3.12. The number of amides is 1. The van der Waals surface area contributed by atoms with E-state index in [4.69, 9.17) is 0 Å². The summed E-state index contributed by atoms with van der Waals surface area (Å²) in [5.74, 6) is 0.872. The first kappa shape index (κ1) is 12.9. The first-order chi connectivity index (χ1) is 9.33. The molecule has 104 valence electrons. The van der Waals surface area contributed by atoms with Crippen LogP contribution in [-0.2, 0) is 4.79 Å². The molecule has 1 aromatic heterocycles. The third-order valence-corrected chi connectivity index (χ3v) is 4.78. The van der Waals surface area contributed by atoms with Crippen LogP contribution in [0.1, 0.15) is 12.8 Å². The average molecular weight is 280 g/mol. The lowest BCUT2D eigenvalue weighted by molar-refractivity contribution is -0.132. The van der Waals surface area contributed by atoms with Crippen LogP contribution in [0.15, 0.2) is 11.6 Å². The summed E-state index contributed by atoms with van der Waals surface area (Å²) in [5.41, 5.74) is 0. The molecule has 2 saturated heterocycles. The van der Waals surface area contributed by atoms with E-state index < -0.39 is 0 Å². The molecular formula is C13H20N4OS. The molecule has 0 bridgehead atoms. The molecular weight excluding hydrogens is 260 g/mol. The van der Waals surface area contributed by atoms with Gasteiger partial charge in [-0.05, 0) is 25.4 Å². The minimum absolute atomic E-state index is 0.326. The Morgan fingerprint density at radius 1 is 1.42 bits per heavy atom. The van der Waals surface area contributed by atoms with Crippen molar-refractivity contribution in [2.24, 2.45) is 5.92 Å². The summed E-state index contributed by atoms with van der Waals surface area (Å²) in [7, 11) is 0. The van der Waals surface area contributed by atoms with Crippen LogP contribution in [0.25, 0.3) is 0 Å². The van der Waals surface area contributed by atoms with Gasteiger partial charge < -0.3 is 15.1 Å². The van der Waals surface area contributed by atoms with Gasteiger partial charge in [0.05, 0.1) is 0 Å². The molecule has 0 aliphatic carbocycles. The van der Waals surface area contributed by atoms with Crippen LogP contribution >= 0.6 is 11.3 Å². The molecule has 2 aliphatic rings. The van der Waals surface area contributed by atoms with E-state index in [1.165, 1.54) is 0 Å². The number of nitrogens with zero attached hydrogens (tertiary/aromatic N) is 3. The lowest BCUT2D eigenvalue weighted by Crippen LogP contribution is -2.49. The second kappa shape index (κ2) is 5.88. The highest BCUT2D eigenvalue weighted by molar-refractivity contribution is 7.13. The largest absolute Gasteiger partial charge is 0.345 e. The molecule has 1 unspecified atom stereocenters. The maximum absolute atomic E-state index is 12.2. The van der Waals surface area contributed by atoms with Crippen molar-refractivity contribution < 1.29 is 4.79 Å². The van der Waals surface area contributed by atoms with Gasteiger partial charge in [-0.3, -0.25) is 4.79 Å². The van der Waals surface area contributed by atoms with Crippen molar-refractivity contribution in [2.75, 3.05) is 44.2 Å². The molecule has 5 nitrogen and oxygen atoms in total. The van der Waals surface area contributed by atoms with Crippen molar-refractivity contribution in [1.82, 2.24) is 15.2 Å². The number of carbonyl (C=O) groups is 1. The number of anilines is 1. The Bertz CT molecular complexity index is 408. The minimum Gasteiger partial charge on any atom is -0.345 e. The number of hydrogen-bond acceptors (Lipinski definition) is 5. The Morgan fingerprint density at radius 3 is 2.89 bits per heavy atom. The van der Waals surface area contributed by atoms with Gasteiger partial charge in [0.25, 0.3) is 0 Å². The number of rotatable bonds is 3. The van der Waals surface area contributed by atoms with E-state index in [2.05, 4.69) is 15.2 Å². The van der Waals surface area contributed by atoms with E-state index in [1.54, 1.807) is 11.3 Å². The van der Waals surface area contributed by atoms with Gasteiger partial charge in [0.1, 0.15) is 0 Å². The molecule has 1 N–H and O–H groups in total. The molecule has 0 radical (unpaired) electrons.